The fraction of sp³-hybridized carbons (Fsp3) is 0.800. The Labute approximate surface area is 89.8 Å². The van der Waals surface area contributed by atoms with Crippen LogP contribution in [-0.2, 0) is 4.79 Å². The molecule has 0 aromatic heterocycles. The van der Waals surface area contributed by atoms with Crippen molar-refractivity contribution in [3.8, 4) is 0 Å². The third-order valence-corrected chi connectivity index (χ3v) is 2.58. The van der Waals surface area contributed by atoms with Crippen LogP contribution in [0, 0.1) is 0 Å². The van der Waals surface area contributed by atoms with Crippen LogP contribution in [0.1, 0.15) is 38.5 Å². The Morgan fingerprint density at radius 2 is 1.93 bits per heavy atom. The Bertz CT molecular complexity index is 225. The van der Waals surface area contributed by atoms with E-state index in [1.54, 1.807) is 0 Å². The van der Waals surface area contributed by atoms with E-state index in [4.69, 9.17) is 5.73 Å². The smallest absolute Gasteiger partial charge is 0.315 e. The second kappa shape index (κ2) is 6.27. The summed E-state index contributed by atoms with van der Waals surface area (Å²) in [6, 6.07) is 0.201. The van der Waals surface area contributed by atoms with E-state index in [1.807, 2.05) is 0 Å². The molecule has 5 heteroatoms. The molecule has 0 spiro atoms. The van der Waals surface area contributed by atoms with E-state index in [9.17, 15) is 9.59 Å². The first-order chi connectivity index (χ1) is 7.18. The number of rotatable bonds is 5. The fourth-order valence-corrected chi connectivity index (χ4v) is 1.77. The molecule has 1 aliphatic rings. The maximum atomic E-state index is 11.3. The van der Waals surface area contributed by atoms with Gasteiger partial charge in [-0.2, -0.15) is 0 Å². The van der Waals surface area contributed by atoms with Gasteiger partial charge < -0.3 is 16.4 Å². The molecule has 4 N–H and O–H groups in total. The molecule has 0 aromatic carbocycles. The van der Waals surface area contributed by atoms with Crippen LogP contribution in [0.25, 0.3) is 0 Å². The molecule has 0 heterocycles. The van der Waals surface area contributed by atoms with Gasteiger partial charge in [-0.3, -0.25) is 4.79 Å². The number of carbonyl (C=O) groups is 2. The number of nitrogens with two attached hydrogens (primary N) is 1. The minimum absolute atomic E-state index is 0.133. The Kier molecular flexibility index (Phi) is 4.93. The molecule has 1 fully saturated rings. The van der Waals surface area contributed by atoms with Crippen LogP contribution in [0.5, 0.6) is 0 Å². The van der Waals surface area contributed by atoms with Gasteiger partial charge in [0, 0.05) is 19.0 Å². The SMILES string of the molecule is NC(=O)CCCNC(=O)NC1CCCC1. The van der Waals surface area contributed by atoms with Gasteiger partial charge in [0.2, 0.25) is 5.91 Å². The molecule has 0 radical (unpaired) electrons. The second-order valence-corrected chi connectivity index (χ2v) is 3.95. The quantitative estimate of drug-likeness (QED) is 0.581. The van der Waals surface area contributed by atoms with Crippen molar-refractivity contribution >= 4 is 11.9 Å². The number of amides is 3. The molecule has 1 rings (SSSR count). The Hall–Kier alpha value is -1.26. The lowest BCUT2D eigenvalue weighted by molar-refractivity contribution is -0.118. The van der Waals surface area contributed by atoms with Crippen LogP contribution in [0.2, 0.25) is 0 Å². The molecule has 0 saturated heterocycles. The second-order valence-electron chi connectivity index (χ2n) is 3.95. The Morgan fingerprint density at radius 1 is 1.27 bits per heavy atom. The summed E-state index contributed by atoms with van der Waals surface area (Å²) in [4.78, 5) is 21.7. The minimum Gasteiger partial charge on any atom is -0.370 e. The van der Waals surface area contributed by atoms with Crippen molar-refractivity contribution in [2.24, 2.45) is 5.73 Å². The van der Waals surface area contributed by atoms with E-state index in [-0.39, 0.29) is 11.9 Å². The predicted molar refractivity (Wildman–Crippen MR) is 57.2 cm³/mol. The lowest BCUT2D eigenvalue weighted by atomic mass is 10.2. The van der Waals surface area contributed by atoms with Crippen molar-refractivity contribution < 1.29 is 9.59 Å². The molecule has 3 amide bonds. The van der Waals surface area contributed by atoms with Crippen LogP contribution in [-0.4, -0.2) is 24.5 Å². The van der Waals surface area contributed by atoms with Gasteiger partial charge in [0.1, 0.15) is 0 Å². The van der Waals surface area contributed by atoms with Crippen molar-refractivity contribution in [1.29, 1.82) is 0 Å². The highest BCUT2D eigenvalue weighted by atomic mass is 16.2. The van der Waals surface area contributed by atoms with E-state index in [0.717, 1.165) is 12.8 Å². The largest absolute Gasteiger partial charge is 0.370 e. The summed E-state index contributed by atoms with van der Waals surface area (Å²) >= 11 is 0. The maximum Gasteiger partial charge on any atom is 0.315 e. The van der Waals surface area contributed by atoms with Gasteiger partial charge in [-0.15, -0.1) is 0 Å². The van der Waals surface area contributed by atoms with E-state index < -0.39 is 0 Å². The molecular weight excluding hydrogens is 194 g/mol. The number of urea groups is 1. The third kappa shape index (κ3) is 5.24. The van der Waals surface area contributed by atoms with E-state index in [2.05, 4.69) is 10.6 Å². The Morgan fingerprint density at radius 3 is 2.53 bits per heavy atom. The summed E-state index contributed by atoms with van der Waals surface area (Å²) in [5.74, 6) is -0.326. The van der Waals surface area contributed by atoms with E-state index in [0.29, 0.717) is 25.4 Å². The predicted octanol–water partition coefficient (Wildman–Crippen LogP) is 0.494. The molecule has 0 aliphatic heterocycles. The van der Waals surface area contributed by atoms with Crippen LogP contribution >= 0.6 is 0 Å². The molecule has 5 nitrogen and oxygen atoms in total. The molecule has 86 valence electrons. The van der Waals surface area contributed by atoms with Crippen molar-refractivity contribution in [3.63, 3.8) is 0 Å². The van der Waals surface area contributed by atoms with Crippen LogP contribution in [0.15, 0.2) is 0 Å². The van der Waals surface area contributed by atoms with Crippen LogP contribution < -0.4 is 16.4 Å². The number of primary amides is 1. The lowest BCUT2D eigenvalue weighted by Crippen LogP contribution is -2.41. The molecule has 15 heavy (non-hydrogen) atoms. The lowest BCUT2D eigenvalue weighted by Gasteiger charge is -2.12. The van der Waals surface area contributed by atoms with Crippen molar-refractivity contribution in [3.05, 3.63) is 0 Å². The monoisotopic (exact) mass is 213 g/mol. The first-order valence-corrected chi connectivity index (χ1v) is 5.51. The average Bonchev–Trinajstić information content (AvgIpc) is 2.64. The first-order valence-electron chi connectivity index (χ1n) is 5.51. The van der Waals surface area contributed by atoms with E-state index in [1.165, 1.54) is 12.8 Å². The van der Waals surface area contributed by atoms with Gasteiger partial charge in [-0.05, 0) is 19.3 Å². The van der Waals surface area contributed by atoms with Gasteiger partial charge >= 0.3 is 6.03 Å². The minimum atomic E-state index is -0.326. The van der Waals surface area contributed by atoms with E-state index >= 15 is 0 Å². The van der Waals surface area contributed by atoms with Gasteiger partial charge in [-0.1, -0.05) is 12.8 Å². The molecule has 0 bridgehead atoms. The normalized spacial score (nSPS) is 16.3. The standard InChI is InChI=1S/C10H19N3O2/c11-9(14)6-3-7-12-10(15)13-8-4-1-2-5-8/h8H,1-7H2,(H2,11,14)(H2,12,13,15). The molecule has 1 saturated carbocycles. The summed E-state index contributed by atoms with van der Waals surface area (Å²) in [5.41, 5.74) is 4.97. The summed E-state index contributed by atoms with van der Waals surface area (Å²) in [5, 5.41) is 5.61. The molecule has 0 atom stereocenters. The van der Waals surface area contributed by atoms with Gasteiger partial charge in [0.05, 0.1) is 0 Å². The summed E-state index contributed by atoms with van der Waals surface area (Å²) < 4.78 is 0. The molecular formula is C10H19N3O2. The summed E-state index contributed by atoms with van der Waals surface area (Å²) in [7, 11) is 0. The third-order valence-electron chi connectivity index (χ3n) is 2.58. The maximum absolute atomic E-state index is 11.3. The summed E-state index contributed by atoms with van der Waals surface area (Å²) in [6.45, 7) is 0.501. The first kappa shape index (κ1) is 11.8. The highest BCUT2D eigenvalue weighted by molar-refractivity contribution is 5.75. The van der Waals surface area contributed by atoms with Crippen molar-refractivity contribution in [2.45, 2.75) is 44.6 Å². The molecule has 1 aliphatic carbocycles. The molecule has 0 unspecified atom stereocenters. The van der Waals surface area contributed by atoms with Crippen LogP contribution in [0.4, 0.5) is 4.79 Å². The van der Waals surface area contributed by atoms with Gasteiger partial charge in [0.25, 0.3) is 0 Å². The van der Waals surface area contributed by atoms with Crippen molar-refractivity contribution in [2.75, 3.05) is 6.54 Å². The average molecular weight is 213 g/mol. The van der Waals surface area contributed by atoms with Gasteiger partial charge in [-0.25, -0.2) is 4.79 Å². The zero-order valence-electron chi connectivity index (χ0n) is 8.92. The zero-order valence-corrected chi connectivity index (χ0v) is 8.92. The number of carbonyl (C=O) groups excluding carboxylic acids is 2. The Balaban J connectivity index is 2.00. The van der Waals surface area contributed by atoms with Crippen molar-refractivity contribution in [1.82, 2.24) is 10.6 Å². The highest BCUT2D eigenvalue weighted by Gasteiger charge is 2.16. The number of nitrogens with one attached hydrogen (secondary N) is 2. The topological polar surface area (TPSA) is 84.2 Å². The van der Waals surface area contributed by atoms with Crippen LogP contribution in [0.3, 0.4) is 0 Å². The number of hydrogen-bond acceptors (Lipinski definition) is 2. The summed E-state index contributed by atoms with van der Waals surface area (Å²) in [6.07, 6.45) is 5.49. The molecule has 0 aromatic rings. The zero-order chi connectivity index (χ0) is 11.1. The van der Waals surface area contributed by atoms with Gasteiger partial charge in [0.15, 0.2) is 0 Å². The highest BCUT2D eigenvalue weighted by Crippen LogP contribution is 2.17. The number of hydrogen-bond donors (Lipinski definition) is 3. The fourth-order valence-electron chi connectivity index (χ4n) is 1.77.